The topological polar surface area (TPSA) is 97.0 Å². The average Bonchev–Trinajstić information content (AvgIpc) is 3.03. The van der Waals surface area contributed by atoms with E-state index in [9.17, 15) is 18.0 Å². The number of amides is 1. The highest BCUT2D eigenvalue weighted by Crippen LogP contribution is 2.25. The molecule has 2 aromatic rings. The fourth-order valence-corrected chi connectivity index (χ4v) is 2.21. The van der Waals surface area contributed by atoms with Gasteiger partial charge in [-0.3, -0.25) is 14.9 Å². The molecule has 0 radical (unpaired) electrons. The molecule has 0 aliphatic carbocycles. The Morgan fingerprint density at radius 1 is 1.36 bits per heavy atom. The van der Waals surface area contributed by atoms with E-state index in [1.807, 2.05) is 0 Å². The number of primary amides is 1. The van der Waals surface area contributed by atoms with Crippen molar-refractivity contribution in [1.29, 1.82) is 0 Å². The number of nitrogens with one attached hydrogen (secondary N) is 1. The maximum Gasteiger partial charge on any atom is 0.433 e. The number of rotatable bonds is 3. The lowest BCUT2D eigenvalue weighted by atomic mass is 10.1. The van der Waals surface area contributed by atoms with Crippen molar-refractivity contribution in [3.63, 3.8) is 0 Å². The number of carbonyl (C=O) groups excluding carboxylic acids is 1. The van der Waals surface area contributed by atoms with Gasteiger partial charge in [-0.2, -0.15) is 18.3 Å². The van der Waals surface area contributed by atoms with Gasteiger partial charge in [0.1, 0.15) is 11.4 Å². The number of hydrogen-bond acceptors (Lipinski definition) is 4. The van der Waals surface area contributed by atoms with Gasteiger partial charge in [0.05, 0.1) is 17.6 Å². The van der Waals surface area contributed by atoms with E-state index in [-0.39, 0.29) is 11.7 Å². The molecule has 0 fully saturated rings. The molecule has 1 amide bonds. The Hall–Kier alpha value is -2.71. The minimum absolute atomic E-state index is 0.103. The van der Waals surface area contributed by atoms with Gasteiger partial charge in [-0.1, -0.05) is 6.08 Å². The predicted molar refractivity (Wildman–Crippen MR) is 69.1 cm³/mol. The van der Waals surface area contributed by atoms with Crippen molar-refractivity contribution in [2.45, 2.75) is 18.6 Å². The second kappa shape index (κ2) is 4.93. The summed E-state index contributed by atoms with van der Waals surface area (Å²) in [6.45, 7) is 0. The summed E-state index contributed by atoms with van der Waals surface area (Å²) in [5.41, 5.74) is 4.87. The number of H-pyrrole nitrogens is 1. The summed E-state index contributed by atoms with van der Waals surface area (Å²) in [7, 11) is 0. The largest absolute Gasteiger partial charge is 0.433 e. The van der Waals surface area contributed by atoms with Crippen molar-refractivity contribution in [2.75, 3.05) is 0 Å². The summed E-state index contributed by atoms with van der Waals surface area (Å²) in [5.74, 6) is -0.655. The third-order valence-electron chi connectivity index (χ3n) is 3.19. The number of aromatic nitrogens is 3. The molecule has 1 atom stereocenters. The van der Waals surface area contributed by atoms with Crippen LogP contribution in [0.3, 0.4) is 0 Å². The molecule has 1 aliphatic rings. The summed E-state index contributed by atoms with van der Waals surface area (Å²) in [4.78, 5) is 18.6. The molecule has 1 unspecified atom stereocenters. The van der Waals surface area contributed by atoms with Gasteiger partial charge in [-0.15, -0.1) is 0 Å². The second-order valence-corrected chi connectivity index (χ2v) is 4.84. The number of aromatic amines is 1. The van der Waals surface area contributed by atoms with Crippen molar-refractivity contribution in [3.05, 3.63) is 46.0 Å². The quantitative estimate of drug-likeness (QED) is 0.831. The number of hydrogen-bond donors (Lipinski definition) is 2. The smallest absolute Gasteiger partial charge is 0.364 e. The fourth-order valence-electron chi connectivity index (χ4n) is 2.21. The Morgan fingerprint density at radius 3 is 2.77 bits per heavy atom. The number of carbonyl (C=O) groups is 1. The molecular weight excluding hydrogens is 299 g/mol. The SMILES string of the molecule is NC(=O)c1cc(CC2C=c3cc(C(F)(F)F)ncc3=N2)[nH]n1. The zero-order chi connectivity index (χ0) is 15.9. The van der Waals surface area contributed by atoms with E-state index in [2.05, 4.69) is 20.2 Å². The minimum atomic E-state index is -4.49. The lowest BCUT2D eigenvalue weighted by molar-refractivity contribution is -0.141. The van der Waals surface area contributed by atoms with Crippen LogP contribution in [-0.2, 0) is 12.6 Å². The molecule has 22 heavy (non-hydrogen) atoms. The van der Waals surface area contributed by atoms with Crippen LogP contribution in [0.4, 0.5) is 13.2 Å². The monoisotopic (exact) mass is 309 g/mol. The first-order valence-corrected chi connectivity index (χ1v) is 6.30. The van der Waals surface area contributed by atoms with Crippen LogP contribution >= 0.6 is 0 Å². The van der Waals surface area contributed by atoms with Crippen molar-refractivity contribution in [2.24, 2.45) is 10.7 Å². The highest BCUT2D eigenvalue weighted by molar-refractivity contribution is 5.90. The summed E-state index contributed by atoms with van der Waals surface area (Å²) in [6.07, 6.45) is -1.38. The summed E-state index contributed by atoms with van der Waals surface area (Å²) in [5, 5.41) is 7.19. The van der Waals surface area contributed by atoms with Gasteiger partial charge < -0.3 is 5.73 Å². The first kappa shape index (κ1) is 14.2. The predicted octanol–water partition coefficient (Wildman–Crippen LogP) is -0.0526. The van der Waals surface area contributed by atoms with Crippen LogP contribution < -0.4 is 16.3 Å². The van der Waals surface area contributed by atoms with Crippen LogP contribution in [0.2, 0.25) is 0 Å². The third-order valence-corrected chi connectivity index (χ3v) is 3.19. The Balaban J connectivity index is 1.85. The maximum absolute atomic E-state index is 12.6. The standard InChI is InChI=1S/C13H10F3N5O/c14-13(15,16)11-2-6-1-7(19-10(6)5-18-11)3-8-4-9(12(17)22)21-20-8/h1-2,4-5,7H,3H2,(H2,17,22)(H,20,21). The molecule has 0 saturated carbocycles. The molecule has 0 bridgehead atoms. The molecular formula is C13H10F3N5O. The number of fused-ring (bicyclic) bond motifs is 1. The van der Waals surface area contributed by atoms with Gasteiger partial charge in [0.2, 0.25) is 0 Å². The number of halogens is 3. The van der Waals surface area contributed by atoms with Gasteiger partial charge in [-0.05, 0) is 12.1 Å². The zero-order valence-corrected chi connectivity index (χ0v) is 11.1. The molecule has 3 rings (SSSR count). The maximum atomic E-state index is 12.6. The first-order chi connectivity index (χ1) is 10.3. The molecule has 6 nitrogen and oxygen atoms in total. The highest BCUT2D eigenvalue weighted by atomic mass is 19.4. The number of alkyl halides is 3. The second-order valence-electron chi connectivity index (χ2n) is 4.84. The van der Waals surface area contributed by atoms with Crippen LogP contribution in [0.25, 0.3) is 6.08 Å². The minimum Gasteiger partial charge on any atom is -0.364 e. The summed E-state index contributed by atoms with van der Waals surface area (Å²) >= 11 is 0. The van der Waals surface area contributed by atoms with Gasteiger partial charge in [0.15, 0.2) is 0 Å². The third kappa shape index (κ3) is 2.69. The molecule has 1 aliphatic heterocycles. The molecule has 3 heterocycles. The molecule has 0 aromatic carbocycles. The Labute approximate surface area is 121 Å². The fraction of sp³-hybridized carbons (Fsp3) is 0.231. The van der Waals surface area contributed by atoms with E-state index in [1.165, 1.54) is 6.07 Å². The van der Waals surface area contributed by atoms with Crippen LogP contribution in [0.1, 0.15) is 21.9 Å². The summed E-state index contributed by atoms with van der Waals surface area (Å²) < 4.78 is 37.8. The number of nitrogens with zero attached hydrogens (tertiary/aromatic N) is 3. The van der Waals surface area contributed by atoms with Crippen molar-refractivity contribution in [1.82, 2.24) is 15.2 Å². The molecule has 0 saturated heterocycles. The van der Waals surface area contributed by atoms with E-state index in [0.29, 0.717) is 22.7 Å². The highest BCUT2D eigenvalue weighted by Gasteiger charge is 2.32. The van der Waals surface area contributed by atoms with Crippen LogP contribution in [0, 0.1) is 0 Å². The van der Waals surface area contributed by atoms with Gasteiger partial charge >= 0.3 is 6.18 Å². The normalized spacial score (nSPS) is 16.8. The van der Waals surface area contributed by atoms with Gasteiger partial charge in [0, 0.05) is 17.3 Å². The van der Waals surface area contributed by atoms with E-state index in [4.69, 9.17) is 5.73 Å². The van der Waals surface area contributed by atoms with Crippen LogP contribution in [0.15, 0.2) is 23.3 Å². The van der Waals surface area contributed by atoms with E-state index in [0.717, 1.165) is 12.3 Å². The van der Waals surface area contributed by atoms with Crippen LogP contribution in [0.5, 0.6) is 0 Å². The van der Waals surface area contributed by atoms with Crippen molar-refractivity contribution >= 4 is 12.0 Å². The van der Waals surface area contributed by atoms with E-state index in [1.54, 1.807) is 6.08 Å². The van der Waals surface area contributed by atoms with Crippen LogP contribution in [-0.4, -0.2) is 27.1 Å². The molecule has 0 spiro atoms. The average molecular weight is 309 g/mol. The van der Waals surface area contributed by atoms with E-state index < -0.39 is 17.8 Å². The van der Waals surface area contributed by atoms with Gasteiger partial charge in [-0.25, -0.2) is 4.98 Å². The van der Waals surface area contributed by atoms with E-state index >= 15 is 0 Å². The zero-order valence-electron chi connectivity index (χ0n) is 11.1. The lowest BCUT2D eigenvalue weighted by Crippen LogP contribution is -2.25. The van der Waals surface area contributed by atoms with Gasteiger partial charge in [0.25, 0.3) is 5.91 Å². The Bertz CT molecular complexity index is 855. The molecule has 114 valence electrons. The summed E-state index contributed by atoms with van der Waals surface area (Å²) in [6, 6.07) is 2.12. The van der Waals surface area contributed by atoms with Crippen molar-refractivity contribution in [3.8, 4) is 0 Å². The first-order valence-electron chi connectivity index (χ1n) is 6.30. The van der Waals surface area contributed by atoms with Crippen molar-refractivity contribution < 1.29 is 18.0 Å². The number of nitrogens with two attached hydrogens (primary N) is 1. The molecule has 2 aromatic heterocycles. The molecule has 3 N–H and O–H groups in total. The molecule has 9 heteroatoms. The Kier molecular flexibility index (Phi) is 3.19. The lowest BCUT2D eigenvalue weighted by Gasteiger charge is -2.03. The Morgan fingerprint density at radius 2 is 2.14 bits per heavy atom. The number of pyridine rings is 1.